The zero-order valence-corrected chi connectivity index (χ0v) is 9.30. The van der Waals surface area contributed by atoms with E-state index >= 15 is 0 Å². The van der Waals surface area contributed by atoms with Gasteiger partial charge in [0.1, 0.15) is 5.82 Å². The number of carbonyl (C=O) groups is 1. The molecule has 1 heterocycles. The molecule has 0 saturated heterocycles. The molecule has 1 rings (SSSR count). The van der Waals surface area contributed by atoms with E-state index < -0.39 is 17.5 Å². The fourth-order valence-corrected chi connectivity index (χ4v) is 1.26. The number of Topliss-reactive ketones (excluding diaryl/α,β-unsaturated/α-hetero) is 1. The number of carbonyl (C=O) groups excluding carboxylic acids is 1. The first kappa shape index (κ1) is 13.4. The zero-order valence-electron chi connectivity index (χ0n) is 9.30. The van der Waals surface area contributed by atoms with E-state index in [1.165, 1.54) is 19.2 Å². The second-order valence-electron chi connectivity index (χ2n) is 3.92. The molecular formula is C10H12F3N3O. The Morgan fingerprint density at radius 3 is 2.35 bits per heavy atom. The van der Waals surface area contributed by atoms with Crippen LogP contribution in [-0.2, 0) is 0 Å². The van der Waals surface area contributed by atoms with Gasteiger partial charge in [0.2, 0.25) is 0 Å². The van der Waals surface area contributed by atoms with Gasteiger partial charge < -0.3 is 11.5 Å². The lowest BCUT2D eigenvalue weighted by molar-refractivity contribution is -0.165. The molecule has 4 nitrogen and oxygen atoms in total. The third-order valence-electron chi connectivity index (χ3n) is 2.48. The normalized spacial score (nSPS) is 15.4. The monoisotopic (exact) mass is 247 g/mol. The molecule has 0 saturated carbocycles. The molecule has 1 atom stereocenters. The van der Waals surface area contributed by atoms with Crippen LogP contribution in [0.1, 0.15) is 22.8 Å². The van der Waals surface area contributed by atoms with Gasteiger partial charge >= 0.3 is 6.18 Å². The number of halogens is 3. The van der Waals surface area contributed by atoms with Crippen LogP contribution in [-0.4, -0.2) is 22.5 Å². The smallest absolute Gasteiger partial charge is 0.383 e. The maximum Gasteiger partial charge on any atom is 0.413 e. The van der Waals surface area contributed by atoms with Gasteiger partial charge in [-0.2, -0.15) is 13.2 Å². The summed E-state index contributed by atoms with van der Waals surface area (Å²) in [6, 6.07) is 1.40. The van der Waals surface area contributed by atoms with Crippen molar-refractivity contribution >= 4 is 11.6 Å². The Bertz CT molecular complexity index is 434. The molecule has 0 aromatic carbocycles. The van der Waals surface area contributed by atoms with Crippen LogP contribution in [0.4, 0.5) is 19.0 Å². The average molecular weight is 247 g/mol. The first-order valence-corrected chi connectivity index (χ1v) is 4.70. The van der Waals surface area contributed by atoms with Crippen LogP contribution in [0.3, 0.4) is 0 Å². The van der Waals surface area contributed by atoms with Crippen LogP contribution < -0.4 is 11.5 Å². The molecule has 94 valence electrons. The Hall–Kier alpha value is -1.63. The van der Waals surface area contributed by atoms with Crippen molar-refractivity contribution in [3.63, 3.8) is 0 Å². The highest BCUT2D eigenvalue weighted by Crippen LogP contribution is 2.32. The summed E-state index contributed by atoms with van der Waals surface area (Å²) in [7, 11) is 0. The van der Waals surface area contributed by atoms with Gasteiger partial charge in [-0.05, 0) is 25.5 Å². The van der Waals surface area contributed by atoms with E-state index in [1.807, 2.05) is 0 Å². The molecule has 0 spiro atoms. The summed E-state index contributed by atoms with van der Waals surface area (Å²) in [5, 5.41) is 0. The Kier molecular flexibility index (Phi) is 3.15. The zero-order chi connectivity index (χ0) is 13.4. The summed E-state index contributed by atoms with van der Waals surface area (Å²) in [4.78, 5) is 15.4. The molecule has 17 heavy (non-hydrogen) atoms. The Morgan fingerprint density at radius 1 is 1.41 bits per heavy atom. The van der Waals surface area contributed by atoms with Crippen LogP contribution in [0.15, 0.2) is 12.3 Å². The summed E-state index contributed by atoms with van der Waals surface area (Å²) < 4.78 is 37.9. The number of hydrogen-bond acceptors (Lipinski definition) is 4. The number of alkyl halides is 3. The predicted molar refractivity (Wildman–Crippen MR) is 56.4 cm³/mol. The first-order valence-electron chi connectivity index (χ1n) is 4.70. The number of rotatable bonds is 2. The number of aryl methyl sites for hydroxylation is 1. The van der Waals surface area contributed by atoms with Crippen molar-refractivity contribution in [1.29, 1.82) is 0 Å². The highest BCUT2D eigenvalue weighted by atomic mass is 19.4. The molecule has 7 heteroatoms. The summed E-state index contributed by atoms with van der Waals surface area (Å²) >= 11 is 0. The van der Waals surface area contributed by atoms with E-state index in [1.54, 1.807) is 0 Å². The van der Waals surface area contributed by atoms with Crippen molar-refractivity contribution < 1.29 is 18.0 Å². The van der Waals surface area contributed by atoms with Crippen LogP contribution in [0.2, 0.25) is 0 Å². The second-order valence-corrected chi connectivity index (χ2v) is 3.92. The summed E-state index contributed by atoms with van der Waals surface area (Å²) in [6.45, 7) is 2.08. The minimum Gasteiger partial charge on any atom is -0.383 e. The topological polar surface area (TPSA) is 82.0 Å². The summed E-state index contributed by atoms with van der Waals surface area (Å²) in [6.07, 6.45) is -3.54. The number of nitrogens with two attached hydrogens (primary N) is 2. The number of nitrogen functional groups attached to an aromatic ring is 1. The molecule has 0 aliphatic rings. The molecular weight excluding hydrogens is 235 g/mol. The van der Waals surface area contributed by atoms with Crippen molar-refractivity contribution in [3.05, 3.63) is 23.4 Å². The Morgan fingerprint density at radius 2 is 1.94 bits per heavy atom. The highest BCUT2D eigenvalue weighted by Gasteiger charge is 2.54. The van der Waals surface area contributed by atoms with E-state index in [2.05, 4.69) is 4.98 Å². The predicted octanol–water partition coefficient (Wildman–Crippen LogP) is 1.43. The van der Waals surface area contributed by atoms with Gasteiger partial charge in [0.15, 0.2) is 11.3 Å². The lowest BCUT2D eigenvalue weighted by atomic mass is 9.90. The van der Waals surface area contributed by atoms with Gasteiger partial charge in [0, 0.05) is 6.20 Å². The third kappa shape index (κ3) is 2.23. The van der Waals surface area contributed by atoms with Gasteiger partial charge in [-0.15, -0.1) is 0 Å². The van der Waals surface area contributed by atoms with Gasteiger partial charge in [-0.1, -0.05) is 0 Å². The SMILES string of the molecule is Cc1ccnc(N)c1C(=O)C(C)(N)C(F)(F)F. The number of ketones is 1. The molecule has 1 aromatic heterocycles. The number of aromatic nitrogens is 1. The summed E-state index contributed by atoms with van der Waals surface area (Å²) in [5.41, 5.74) is 7.51. The van der Waals surface area contributed by atoms with Gasteiger partial charge in [-0.25, -0.2) is 4.98 Å². The van der Waals surface area contributed by atoms with Crippen LogP contribution >= 0.6 is 0 Å². The standard InChI is InChI=1S/C10H12F3N3O/c1-5-3-4-16-8(14)6(5)7(17)9(2,15)10(11,12)13/h3-4H,15H2,1-2H3,(H2,14,16). The number of hydrogen-bond donors (Lipinski definition) is 2. The largest absolute Gasteiger partial charge is 0.413 e. The van der Waals surface area contributed by atoms with Crippen LogP contribution in [0.25, 0.3) is 0 Å². The van der Waals surface area contributed by atoms with Crippen molar-refractivity contribution in [2.75, 3.05) is 5.73 Å². The fraction of sp³-hybridized carbons (Fsp3) is 0.400. The van der Waals surface area contributed by atoms with Crippen LogP contribution in [0.5, 0.6) is 0 Å². The van der Waals surface area contributed by atoms with Gasteiger partial charge in [0.25, 0.3) is 0 Å². The molecule has 0 fully saturated rings. The number of pyridine rings is 1. The quantitative estimate of drug-likeness (QED) is 0.774. The van der Waals surface area contributed by atoms with Crippen molar-refractivity contribution in [2.45, 2.75) is 25.6 Å². The molecule has 1 unspecified atom stereocenters. The second kappa shape index (κ2) is 3.99. The van der Waals surface area contributed by atoms with Crippen molar-refractivity contribution in [2.24, 2.45) is 5.73 Å². The van der Waals surface area contributed by atoms with E-state index in [4.69, 9.17) is 11.5 Å². The molecule has 0 bridgehead atoms. The van der Waals surface area contributed by atoms with E-state index in [0.717, 1.165) is 0 Å². The van der Waals surface area contributed by atoms with Crippen LogP contribution in [0, 0.1) is 6.92 Å². The molecule has 0 aliphatic heterocycles. The molecule has 1 aromatic rings. The minimum absolute atomic E-state index is 0.254. The van der Waals surface area contributed by atoms with Crippen molar-refractivity contribution in [3.8, 4) is 0 Å². The number of nitrogens with zero attached hydrogens (tertiary/aromatic N) is 1. The molecule has 0 amide bonds. The van der Waals surface area contributed by atoms with Gasteiger partial charge in [0.05, 0.1) is 5.56 Å². The summed E-state index contributed by atoms with van der Waals surface area (Å²) in [5.74, 6) is -1.54. The van der Waals surface area contributed by atoms with Gasteiger partial charge in [-0.3, -0.25) is 4.79 Å². The fourth-order valence-electron chi connectivity index (χ4n) is 1.26. The average Bonchev–Trinajstić information content (AvgIpc) is 2.15. The van der Waals surface area contributed by atoms with E-state index in [9.17, 15) is 18.0 Å². The minimum atomic E-state index is -4.85. The molecule has 4 N–H and O–H groups in total. The Balaban J connectivity index is 3.32. The first-order chi connectivity index (χ1) is 7.59. The van der Waals surface area contributed by atoms with E-state index in [0.29, 0.717) is 12.5 Å². The van der Waals surface area contributed by atoms with E-state index in [-0.39, 0.29) is 11.4 Å². The highest BCUT2D eigenvalue weighted by molar-refractivity contribution is 6.07. The maximum absolute atomic E-state index is 12.6. The lowest BCUT2D eigenvalue weighted by Crippen LogP contribution is -2.57. The Labute approximate surface area is 95.8 Å². The molecule has 0 radical (unpaired) electrons. The van der Waals surface area contributed by atoms with Crippen molar-refractivity contribution in [1.82, 2.24) is 4.98 Å². The maximum atomic E-state index is 12.6. The third-order valence-corrected chi connectivity index (χ3v) is 2.48. The molecule has 0 aliphatic carbocycles. The lowest BCUT2D eigenvalue weighted by Gasteiger charge is -2.26. The number of anilines is 1.